The van der Waals surface area contributed by atoms with Gasteiger partial charge in [-0.2, -0.15) is 0 Å². The van der Waals surface area contributed by atoms with Gasteiger partial charge in [-0.25, -0.2) is 9.18 Å². The summed E-state index contributed by atoms with van der Waals surface area (Å²) in [5.74, 6) is 0.792. The first-order valence-electron chi connectivity index (χ1n) is 10.8. The van der Waals surface area contributed by atoms with E-state index in [9.17, 15) is 9.18 Å². The first kappa shape index (κ1) is 21.7. The van der Waals surface area contributed by atoms with Crippen molar-refractivity contribution in [1.29, 1.82) is 0 Å². The molecule has 3 rings (SSSR count). The second-order valence-corrected chi connectivity index (χ2v) is 8.47. The number of nitrogens with zero attached hydrogens (tertiary/aromatic N) is 3. The van der Waals surface area contributed by atoms with E-state index in [1.54, 1.807) is 25.1 Å². The number of rotatable bonds is 6. The van der Waals surface area contributed by atoms with E-state index in [0.717, 1.165) is 51.5 Å². The molecule has 1 aliphatic carbocycles. The topological polar surface area (TPSA) is 48.1 Å². The Morgan fingerprint density at radius 3 is 2.48 bits per heavy atom. The standard InChI is InChI=1S/C22H35FN4O2/c1-25(2)22(28)24-18-9-7-17(8-10-18)11-12-26-13-15-27(16-14-26)19-5-4-6-20(29-3)21(19)23/h4-6,17-18H,7-16H2,1-3H3,(H,24,28). The van der Waals surface area contributed by atoms with Crippen molar-refractivity contribution < 1.29 is 13.9 Å². The summed E-state index contributed by atoms with van der Waals surface area (Å²) in [4.78, 5) is 18.0. The van der Waals surface area contributed by atoms with Crippen LogP contribution in [-0.2, 0) is 0 Å². The maximum Gasteiger partial charge on any atom is 0.317 e. The van der Waals surface area contributed by atoms with Gasteiger partial charge in [0.1, 0.15) is 0 Å². The number of methoxy groups -OCH3 is 1. The Hall–Kier alpha value is -2.02. The van der Waals surface area contributed by atoms with E-state index >= 15 is 0 Å². The number of ether oxygens (including phenoxy) is 1. The largest absolute Gasteiger partial charge is 0.494 e. The molecule has 1 aliphatic heterocycles. The zero-order chi connectivity index (χ0) is 20.8. The number of carbonyl (C=O) groups excluding carboxylic acids is 1. The third-order valence-electron chi connectivity index (χ3n) is 6.31. The molecule has 7 heteroatoms. The molecule has 2 fully saturated rings. The van der Waals surface area contributed by atoms with Gasteiger partial charge in [-0.05, 0) is 56.7 Å². The fraction of sp³-hybridized carbons (Fsp3) is 0.682. The van der Waals surface area contributed by atoms with E-state index in [-0.39, 0.29) is 11.8 Å². The Morgan fingerprint density at radius 1 is 1.17 bits per heavy atom. The van der Waals surface area contributed by atoms with Crippen LogP contribution in [0.5, 0.6) is 5.75 Å². The van der Waals surface area contributed by atoms with Crippen molar-refractivity contribution in [3.63, 3.8) is 0 Å². The molecule has 1 saturated heterocycles. The number of benzene rings is 1. The number of carbonyl (C=O) groups is 1. The molecule has 1 aromatic rings. The molecule has 6 nitrogen and oxygen atoms in total. The van der Waals surface area contributed by atoms with E-state index in [1.165, 1.54) is 26.4 Å². The second-order valence-electron chi connectivity index (χ2n) is 8.47. The number of piperazine rings is 1. The smallest absolute Gasteiger partial charge is 0.317 e. The van der Waals surface area contributed by atoms with E-state index < -0.39 is 0 Å². The normalized spacial score (nSPS) is 23.0. The Kier molecular flexibility index (Phi) is 7.58. The van der Waals surface area contributed by atoms with Crippen LogP contribution in [-0.4, -0.2) is 75.8 Å². The number of amides is 2. The van der Waals surface area contributed by atoms with Gasteiger partial charge in [0.15, 0.2) is 11.6 Å². The van der Waals surface area contributed by atoms with Gasteiger partial charge in [0, 0.05) is 46.3 Å². The van der Waals surface area contributed by atoms with Crippen molar-refractivity contribution in [2.75, 3.05) is 58.8 Å². The van der Waals surface area contributed by atoms with Gasteiger partial charge in [0.2, 0.25) is 0 Å². The van der Waals surface area contributed by atoms with Crippen LogP contribution >= 0.6 is 0 Å². The summed E-state index contributed by atoms with van der Waals surface area (Å²) >= 11 is 0. The van der Waals surface area contributed by atoms with Crippen LogP contribution in [0.15, 0.2) is 18.2 Å². The molecule has 0 radical (unpaired) electrons. The predicted molar refractivity (Wildman–Crippen MR) is 114 cm³/mol. The monoisotopic (exact) mass is 406 g/mol. The fourth-order valence-corrected chi connectivity index (χ4v) is 4.38. The molecule has 0 spiro atoms. The lowest BCUT2D eigenvalue weighted by Crippen LogP contribution is -2.47. The molecule has 1 aromatic carbocycles. The number of nitrogens with one attached hydrogen (secondary N) is 1. The molecule has 0 bridgehead atoms. The highest BCUT2D eigenvalue weighted by atomic mass is 19.1. The first-order chi connectivity index (χ1) is 14.0. The molecule has 1 heterocycles. The van der Waals surface area contributed by atoms with Crippen LogP contribution in [0.2, 0.25) is 0 Å². The highest BCUT2D eigenvalue weighted by Crippen LogP contribution is 2.29. The minimum absolute atomic E-state index is 0.0128. The molecule has 1 saturated carbocycles. The fourth-order valence-electron chi connectivity index (χ4n) is 4.38. The van der Waals surface area contributed by atoms with Crippen molar-refractivity contribution >= 4 is 11.7 Å². The SMILES string of the molecule is COc1cccc(N2CCN(CCC3CCC(NC(=O)N(C)C)CC3)CC2)c1F. The highest BCUT2D eigenvalue weighted by molar-refractivity contribution is 5.73. The Labute approximate surface area is 174 Å². The van der Waals surface area contributed by atoms with E-state index in [2.05, 4.69) is 15.1 Å². The number of urea groups is 1. The minimum Gasteiger partial charge on any atom is -0.494 e. The van der Waals surface area contributed by atoms with Gasteiger partial charge in [0.25, 0.3) is 0 Å². The van der Waals surface area contributed by atoms with Crippen LogP contribution in [0, 0.1) is 11.7 Å². The average Bonchev–Trinajstić information content (AvgIpc) is 2.74. The van der Waals surface area contributed by atoms with Crippen molar-refractivity contribution in [3.05, 3.63) is 24.0 Å². The van der Waals surface area contributed by atoms with E-state index in [4.69, 9.17) is 4.74 Å². The zero-order valence-corrected chi connectivity index (χ0v) is 18.0. The Morgan fingerprint density at radius 2 is 1.86 bits per heavy atom. The third-order valence-corrected chi connectivity index (χ3v) is 6.31. The lowest BCUT2D eigenvalue weighted by atomic mass is 9.84. The van der Waals surface area contributed by atoms with Crippen molar-refractivity contribution in [3.8, 4) is 5.75 Å². The van der Waals surface area contributed by atoms with Gasteiger partial charge < -0.3 is 19.9 Å². The zero-order valence-electron chi connectivity index (χ0n) is 18.0. The molecule has 2 aliphatic rings. The first-order valence-corrected chi connectivity index (χ1v) is 10.8. The molecule has 2 amide bonds. The van der Waals surface area contributed by atoms with Crippen LogP contribution < -0.4 is 15.0 Å². The van der Waals surface area contributed by atoms with Crippen LogP contribution in [0.3, 0.4) is 0 Å². The molecule has 162 valence electrons. The third kappa shape index (κ3) is 5.75. The van der Waals surface area contributed by atoms with Crippen molar-refractivity contribution in [2.24, 2.45) is 5.92 Å². The summed E-state index contributed by atoms with van der Waals surface area (Å²) in [6.45, 7) is 4.71. The summed E-state index contributed by atoms with van der Waals surface area (Å²) < 4.78 is 19.6. The summed E-state index contributed by atoms with van der Waals surface area (Å²) in [5, 5.41) is 3.11. The minimum atomic E-state index is -0.262. The van der Waals surface area contributed by atoms with Gasteiger partial charge in [-0.15, -0.1) is 0 Å². The maximum absolute atomic E-state index is 14.5. The van der Waals surface area contributed by atoms with Crippen LogP contribution in [0.4, 0.5) is 14.9 Å². The lowest BCUT2D eigenvalue weighted by Gasteiger charge is -2.37. The highest BCUT2D eigenvalue weighted by Gasteiger charge is 2.25. The summed E-state index contributed by atoms with van der Waals surface area (Å²) in [5.41, 5.74) is 0.641. The summed E-state index contributed by atoms with van der Waals surface area (Å²) in [6, 6.07) is 5.68. The van der Waals surface area contributed by atoms with Gasteiger partial charge >= 0.3 is 6.03 Å². The molecule has 0 aromatic heterocycles. The van der Waals surface area contributed by atoms with Crippen molar-refractivity contribution in [1.82, 2.24) is 15.1 Å². The number of anilines is 1. The number of hydrogen-bond donors (Lipinski definition) is 1. The van der Waals surface area contributed by atoms with E-state index in [0.29, 0.717) is 17.5 Å². The Bertz CT molecular complexity index is 669. The quantitative estimate of drug-likeness (QED) is 0.788. The summed E-state index contributed by atoms with van der Waals surface area (Å²) in [7, 11) is 5.07. The molecular weight excluding hydrogens is 371 g/mol. The van der Waals surface area contributed by atoms with Gasteiger partial charge in [-0.3, -0.25) is 4.90 Å². The second kappa shape index (κ2) is 10.1. The lowest BCUT2D eigenvalue weighted by molar-refractivity contribution is 0.194. The van der Waals surface area contributed by atoms with E-state index in [1.807, 2.05) is 12.1 Å². The molecule has 0 atom stereocenters. The number of halogens is 1. The van der Waals surface area contributed by atoms with Gasteiger partial charge in [0.05, 0.1) is 12.8 Å². The number of hydrogen-bond acceptors (Lipinski definition) is 4. The summed E-state index contributed by atoms with van der Waals surface area (Å²) in [6.07, 6.45) is 5.74. The Balaban J connectivity index is 1.37. The maximum atomic E-state index is 14.5. The van der Waals surface area contributed by atoms with Crippen LogP contribution in [0.25, 0.3) is 0 Å². The van der Waals surface area contributed by atoms with Gasteiger partial charge in [-0.1, -0.05) is 6.07 Å². The molecule has 1 N–H and O–H groups in total. The molecule has 0 unspecified atom stereocenters. The van der Waals surface area contributed by atoms with Crippen LogP contribution in [0.1, 0.15) is 32.1 Å². The van der Waals surface area contributed by atoms with Crippen molar-refractivity contribution in [2.45, 2.75) is 38.1 Å². The average molecular weight is 407 g/mol. The predicted octanol–water partition coefficient (Wildman–Crippen LogP) is 3.18. The molecular formula is C22H35FN4O2. The molecule has 29 heavy (non-hydrogen) atoms.